The quantitative estimate of drug-likeness (QED) is 0.408. The Balaban J connectivity index is 4.74. The third-order valence-corrected chi connectivity index (χ3v) is 2.13. The summed E-state index contributed by atoms with van der Waals surface area (Å²) in [4.78, 5) is 35.6. The predicted octanol–water partition coefficient (Wildman–Crippen LogP) is 0.930. The van der Waals surface area contributed by atoms with Gasteiger partial charge in [-0.3, -0.25) is 9.59 Å². The monoisotopic (exact) mass is 241 g/mol. The van der Waals surface area contributed by atoms with Crippen molar-refractivity contribution in [2.75, 3.05) is 7.11 Å². The predicted molar refractivity (Wildman–Crippen MR) is 63.3 cm³/mol. The van der Waals surface area contributed by atoms with Crippen LogP contribution in [0.1, 0.15) is 27.7 Å². The van der Waals surface area contributed by atoms with Gasteiger partial charge in [0, 0.05) is 18.2 Å². The van der Waals surface area contributed by atoms with Crippen LogP contribution < -0.4 is 0 Å². The molecule has 1 amide bonds. The van der Waals surface area contributed by atoms with E-state index in [-0.39, 0.29) is 12.1 Å². The van der Waals surface area contributed by atoms with Crippen molar-refractivity contribution in [3.8, 4) is 0 Å². The van der Waals surface area contributed by atoms with Crippen LogP contribution in [-0.2, 0) is 19.1 Å². The second kappa shape index (κ2) is 6.83. The van der Waals surface area contributed by atoms with Gasteiger partial charge >= 0.3 is 5.97 Å². The second-order valence-electron chi connectivity index (χ2n) is 4.12. The summed E-state index contributed by atoms with van der Waals surface area (Å²) in [6.07, 6.45) is 1.88. The molecule has 5 nitrogen and oxygen atoms in total. The first-order valence-electron chi connectivity index (χ1n) is 5.43. The average molecular weight is 241 g/mol. The highest BCUT2D eigenvalue weighted by molar-refractivity contribution is 6.41. The lowest BCUT2D eigenvalue weighted by atomic mass is 10.2. The van der Waals surface area contributed by atoms with Gasteiger partial charge in [-0.2, -0.15) is 0 Å². The molecule has 0 N–H and O–H groups in total. The number of ether oxygens (including phenoxy) is 1. The van der Waals surface area contributed by atoms with E-state index >= 15 is 0 Å². The number of carbonyl (C=O) groups is 3. The fourth-order valence-corrected chi connectivity index (χ4v) is 1.48. The van der Waals surface area contributed by atoms with E-state index in [2.05, 4.69) is 4.74 Å². The molecule has 0 aliphatic heterocycles. The lowest BCUT2D eigenvalue weighted by Gasteiger charge is -2.29. The van der Waals surface area contributed by atoms with E-state index < -0.39 is 17.7 Å². The molecule has 0 unspecified atom stereocenters. The first kappa shape index (κ1) is 15.3. The highest BCUT2D eigenvalue weighted by Gasteiger charge is 2.24. The molecule has 0 atom stereocenters. The van der Waals surface area contributed by atoms with Crippen LogP contribution in [0.3, 0.4) is 0 Å². The SMILES string of the molecule is COC(=O)/C=C/C(=O)C(=O)N(C(C)C)C(C)C. The van der Waals surface area contributed by atoms with Gasteiger partial charge in [0.1, 0.15) is 0 Å². The molecule has 0 heterocycles. The maximum Gasteiger partial charge on any atom is 0.330 e. The van der Waals surface area contributed by atoms with Gasteiger partial charge in [-0.25, -0.2) is 4.79 Å². The Bertz CT molecular complexity index is 323. The maximum absolute atomic E-state index is 11.8. The highest BCUT2D eigenvalue weighted by Crippen LogP contribution is 2.06. The van der Waals surface area contributed by atoms with E-state index in [1.54, 1.807) is 0 Å². The van der Waals surface area contributed by atoms with Crippen LogP contribution >= 0.6 is 0 Å². The summed E-state index contributed by atoms with van der Waals surface area (Å²) in [6, 6.07) is -0.143. The minimum atomic E-state index is -0.724. The van der Waals surface area contributed by atoms with Crippen LogP contribution in [0.25, 0.3) is 0 Å². The maximum atomic E-state index is 11.8. The molecule has 0 aromatic rings. The Morgan fingerprint density at radius 1 is 1.00 bits per heavy atom. The Kier molecular flexibility index (Phi) is 6.17. The smallest absolute Gasteiger partial charge is 0.330 e. The zero-order valence-corrected chi connectivity index (χ0v) is 10.9. The molecule has 0 bridgehead atoms. The number of ketones is 1. The van der Waals surface area contributed by atoms with Crippen LogP contribution in [-0.4, -0.2) is 41.8 Å². The number of methoxy groups -OCH3 is 1. The van der Waals surface area contributed by atoms with Gasteiger partial charge in [-0.05, 0) is 33.8 Å². The molecule has 0 aromatic carbocycles. The van der Waals surface area contributed by atoms with E-state index in [9.17, 15) is 14.4 Å². The van der Waals surface area contributed by atoms with Crippen LogP contribution in [0.2, 0.25) is 0 Å². The fourth-order valence-electron chi connectivity index (χ4n) is 1.48. The molecule has 0 aliphatic carbocycles. The summed E-state index contributed by atoms with van der Waals surface area (Å²) in [5, 5.41) is 0. The zero-order chi connectivity index (χ0) is 13.6. The number of hydrogen-bond acceptors (Lipinski definition) is 4. The summed E-state index contributed by atoms with van der Waals surface area (Å²) < 4.78 is 4.33. The average Bonchev–Trinajstić information content (AvgIpc) is 2.23. The number of carbonyl (C=O) groups excluding carboxylic acids is 3. The van der Waals surface area contributed by atoms with Crippen LogP contribution in [0.5, 0.6) is 0 Å². The lowest BCUT2D eigenvalue weighted by molar-refractivity contribution is -0.145. The molecule has 0 saturated carbocycles. The van der Waals surface area contributed by atoms with Crippen molar-refractivity contribution in [2.45, 2.75) is 39.8 Å². The topological polar surface area (TPSA) is 63.7 Å². The molecule has 0 fully saturated rings. The van der Waals surface area contributed by atoms with Gasteiger partial charge < -0.3 is 9.64 Å². The summed E-state index contributed by atoms with van der Waals surface area (Å²) >= 11 is 0. The molecule has 0 rings (SSSR count). The number of hydrogen-bond donors (Lipinski definition) is 0. The Hall–Kier alpha value is -1.65. The summed E-state index contributed by atoms with van der Waals surface area (Å²) in [7, 11) is 1.20. The van der Waals surface area contributed by atoms with E-state index in [1.807, 2.05) is 27.7 Å². The first-order valence-corrected chi connectivity index (χ1v) is 5.43. The van der Waals surface area contributed by atoms with Gasteiger partial charge in [0.2, 0.25) is 5.78 Å². The van der Waals surface area contributed by atoms with E-state index in [0.717, 1.165) is 12.2 Å². The second-order valence-corrected chi connectivity index (χ2v) is 4.12. The molecule has 0 aliphatic rings. The lowest BCUT2D eigenvalue weighted by Crippen LogP contribution is -2.45. The molecule has 17 heavy (non-hydrogen) atoms. The van der Waals surface area contributed by atoms with E-state index in [1.165, 1.54) is 12.0 Å². The zero-order valence-electron chi connectivity index (χ0n) is 10.9. The fraction of sp³-hybridized carbons (Fsp3) is 0.583. The van der Waals surface area contributed by atoms with Crippen molar-refractivity contribution in [1.82, 2.24) is 4.90 Å². The number of esters is 1. The van der Waals surface area contributed by atoms with Crippen molar-refractivity contribution < 1.29 is 19.1 Å². The minimum absolute atomic E-state index is 0.0713. The molecule has 0 radical (unpaired) electrons. The van der Waals surface area contributed by atoms with Crippen LogP contribution in [0.15, 0.2) is 12.2 Å². The van der Waals surface area contributed by atoms with Crippen molar-refractivity contribution >= 4 is 17.7 Å². The number of rotatable bonds is 5. The first-order chi connectivity index (χ1) is 7.81. The van der Waals surface area contributed by atoms with Crippen molar-refractivity contribution in [2.24, 2.45) is 0 Å². The molecule has 0 spiro atoms. The van der Waals surface area contributed by atoms with Gasteiger partial charge in [0.15, 0.2) is 0 Å². The summed E-state index contributed by atoms with van der Waals surface area (Å²) in [5.41, 5.74) is 0. The molecule has 96 valence electrons. The summed E-state index contributed by atoms with van der Waals surface area (Å²) in [5.74, 6) is -2.00. The Morgan fingerprint density at radius 3 is 1.82 bits per heavy atom. The molecule has 0 saturated heterocycles. The van der Waals surface area contributed by atoms with E-state index in [4.69, 9.17) is 0 Å². The minimum Gasteiger partial charge on any atom is -0.466 e. The number of amides is 1. The molecular weight excluding hydrogens is 222 g/mol. The third-order valence-electron chi connectivity index (χ3n) is 2.13. The molecular formula is C12H19NO4. The third kappa shape index (κ3) is 4.80. The van der Waals surface area contributed by atoms with Crippen molar-refractivity contribution in [1.29, 1.82) is 0 Å². The van der Waals surface area contributed by atoms with Gasteiger partial charge in [-0.1, -0.05) is 0 Å². The van der Waals surface area contributed by atoms with Crippen molar-refractivity contribution in [3.63, 3.8) is 0 Å². The number of nitrogens with zero attached hydrogens (tertiary/aromatic N) is 1. The van der Waals surface area contributed by atoms with Gasteiger partial charge in [-0.15, -0.1) is 0 Å². The van der Waals surface area contributed by atoms with Crippen molar-refractivity contribution in [3.05, 3.63) is 12.2 Å². The van der Waals surface area contributed by atoms with E-state index in [0.29, 0.717) is 0 Å². The normalized spacial score (nSPS) is 11.0. The summed E-state index contributed by atoms with van der Waals surface area (Å²) in [6.45, 7) is 7.31. The molecule has 0 aromatic heterocycles. The Labute approximate surface area is 101 Å². The largest absolute Gasteiger partial charge is 0.466 e. The molecule has 5 heteroatoms. The van der Waals surface area contributed by atoms with Gasteiger partial charge in [0.05, 0.1) is 7.11 Å². The van der Waals surface area contributed by atoms with Crippen LogP contribution in [0.4, 0.5) is 0 Å². The Morgan fingerprint density at radius 2 is 1.47 bits per heavy atom. The van der Waals surface area contributed by atoms with Gasteiger partial charge in [0.25, 0.3) is 5.91 Å². The standard InChI is InChI=1S/C12H19NO4/c1-8(2)13(9(3)4)12(16)10(14)6-7-11(15)17-5/h6-9H,1-5H3/b7-6+. The van der Waals surface area contributed by atoms with Crippen LogP contribution in [0, 0.1) is 0 Å². The highest BCUT2D eigenvalue weighted by atomic mass is 16.5.